The SMILES string of the molecule is Cc1cc2c(C[C@H](O)C(Cl)(Cl)Cl)nc(-c3ccccc3)nc2s1. The van der Waals surface area contributed by atoms with Gasteiger partial charge in [-0.15, -0.1) is 11.3 Å². The molecule has 2 heterocycles. The number of thiophene rings is 1. The molecule has 1 aromatic carbocycles. The van der Waals surface area contributed by atoms with E-state index in [9.17, 15) is 5.11 Å². The van der Waals surface area contributed by atoms with Crippen LogP contribution in [0.5, 0.6) is 0 Å². The van der Waals surface area contributed by atoms with E-state index in [1.54, 1.807) is 11.3 Å². The predicted octanol–water partition coefficient (Wildman–Crippen LogP) is 4.94. The van der Waals surface area contributed by atoms with Crippen LogP contribution in [0.15, 0.2) is 36.4 Å². The molecule has 1 atom stereocenters. The Kier molecular flexibility index (Phi) is 4.81. The van der Waals surface area contributed by atoms with Crippen LogP contribution in [-0.2, 0) is 6.42 Å². The minimum absolute atomic E-state index is 0.144. The summed E-state index contributed by atoms with van der Waals surface area (Å²) in [6.45, 7) is 2.00. The zero-order chi connectivity index (χ0) is 16.6. The highest BCUT2D eigenvalue weighted by atomic mass is 35.6. The zero-order valence-corrected chi connectivity index (χ0v) is 15.2. The number of benzene rings is 1. The Morgan fingerprint density at radius 2 is 1.87 bits per heavy atom. The molecule has 0 radical (unpaired) electrons. The van der Waals surface area contributed by atoms with Gasteiger partial charge in [0.15, 0.2) is 5.82 Å². The van der Waals surface area contributed by atoms with Crippen LogP contribution in [-0.4, -0.2) is 25.0 Å². The zero-order valence-electron chi connectivity index (χ0n) is 12.1. The maximum Gasteiger partial charge on any atom is 0.216 e. The molecular weight excluding hydrogens is 375 g/mol. The minimum atomic E-state index is -1.75. The van der Waals surface area contributed by atoms with Gasteiger partial charge in [-0.05, 0) is 13.0 Å². The topological polar surface area (TPSA) is 46.0 Å². The molecule has 0 aliphatic rings. The summed E-state index contributed by atoms with van der Waals surface area (Å²) in [5.41, 5.74) is 1.59. The molecule has 3 rings (SSSR count). The van der Waals surface area contributed by atoms with E-state index in [1.807, 2.05) is 43.3 Å². The van der Waals surface area contributed by atoms with Crippen LogP contribution in [0.25, 0.3) is 21.6 Å². The third-order valence-electron chi connectivity index (χ3n) is 3.39. The molecule has 0 saturated carbocycles. The quantitative estimate of drug-likeness (QED) is 0.647. The molecule has 3 nitrogen and oxygen atoms in total. The molecule has 1 N–H and O–H groups in total. The second-order valence-electron chi connectivity index (χ2n) is 5.20. The molecule has 0 aliphatic heterocycles. The van der Waals surface area contributed by atoms with Gasteiger partial charge in [-0.1, -0.05) is 65.1 Å². The molecule has 0 amide bonds. The van der Waals surface area contributed by atoms with Gasteiger partial charge in [-0.3, -0.25) is 0 Å². The number of rotatable bonds is 3. The van der Waals surface area contributed by atoms with Gasteiger partial charge in [0.25, 0.3) is 0 Å². The number of alkyl halides is 3. The van der Waals surface area contributed by atoms with Crippen molar-refractivity contribution in [3.8, 4) is 11.4 Å². The lowest BCUT2D eigenvalue weighted by Crippen LogP contribution is -2.28. The van der Waals surface area contributed by atoms with Gasteiger partial charge in [0, 0.05) is 22.2 Å². The summed E-state index contributed by atoms with van der Waals surface area (Å²) in [7, 11) is 0. The molecule has 3 aromatic rings. The number of aromatic nitrogens is 2. The number of aliphatic hydroxyl groups excluding tert-OH is 1. The van der Waals surface area contributed by atoms with Gasteiger partial charge in [-0.25, -0.2) is 9.97 Å². The van der Waals surface area contributed by atoms with Gasteiger partial charge < -0.3 is 5.11 Å². The minimum Gasteiger partial charge on any atom is -0.388 e. The van der Waals surface area contributed by atoms with E-state index >= 15 is 0 Å². The van der Waals surface area contributed by atoms with Crippen LogP contribution in [0.1, 0.15) is 10.6 Å². The Bertz CT molecular complexity index is 830. The second-order valence-corrected chi connectivity index (χ2v) is 8.80. The summed E-state index contributed by atoms with van der Waals surface area (Å²) < 4.78 is -1.75. The molecule has 0 aliphatic carbocycles. The Balaban J connectivity index is 2.11. The number of fused-ring (bicyclic) bond motifs is 1. The molecule has 7 heteroatoms. The Morgan fingerprint density at radius 3 is 2.52 bits per heavy atom. The number of nitrogens with zero attached hydrogens (tertiary/aromatic N) is 2. The van der Waals surface area contributed by atoms with Gasteiger partial charge in [-0.2, -0.15) is 0 Å². The van der Waals surface area contributed by atoms with E-state index < -0.39 is 9.90 Å². The first-order valence-corrected chi connectivity index (χ1v) is 8.87. The van der Waals surface area contributed by atoms with Crippen molar-refractivity contribution in [3.05, 3.63) is 47.0 Å². The highest BCUT2D eigenvalue weighted by Crippen LogP contribution is 2.34. The van der Waals surface area contributed by atoms with Gasteiger partial charge >= 0.3 is 0 Å². The van der Waals surface area contributed by atoms with Crippen LogP contribution in [0.2, 0.25) is 0 Å². The Hall–Kier alpha value is -0.910. The van der Waals surface area contributed by atoms with Crippen molar-refractivity contribution in [3.63, 3.8) is 0 Å². The fraction of sp³-hybridized carbons (Fsp3) is 0.250. The van der Waals surface area contributed by atoms with Crippen LogP contribution < -0.4 is 0 Å². The van der Waals surface area contributed by atoms with E-state index in [-0.39, 0.29) is 6.42 Å². The first kappa shape index (κ1) is 16.9. The Labute approximate surface area is 152 Å². The van der Waals surface area contributed by atoms with Gasteiger partial charge in [0.05, 0.1) is 5.69 Å². The highest BCUT2D eigenvalue weighted by Gasteiger charge is 2.32. The van der Waals surface area contributed by atoms with Crippen molar-refractivity contribution in [2.45, 2.75) is 23.2 Å². The highest BCUT2D eigenvalue weighted by molar-refractivity contribution is 7.18. The smallest absolute Gasteiger partial charge is 0.216 e. The average Bonchev–Trinajstić information content (AvgIpc) is 2.87. The molecule has 2 aromatic heterocycles. The summed E-state index contributed by atoms with van der Waals surface area (Å²) in [5.74, 6) is 0.603. The lowest BCUT2D eigenvalue weighted by atomic mass is 10.1. The molecule has 0 spiro atoms. The van der Waals surface area contributed by atoms with Gasteiger partial charge in [0.1, 0.15) is 10.9 Å². The van der Waals surface area contributed by atoms with E-state index in [4.69, 9.17) is 34.8 Å². The Morgan fingerprint density at radius 1 is 1.17 bits per heavy atom. The van der Waals surface area contributed by atoms with Crippen molar-refractivity contribution in [2.75, 3.05) is 0 Å². The first-order valence-electron chi connectivity index (χ1n) is 6.92. The third-order valence-corrected chi connectivity index (χ3v) is 5.09. The molecule has 0 fully saturated rings. The first-order chi connectivity index (χ1) is 10.8. The number of hydrogen-bond acceptors (Lipinski definition) is 4. The largest absolute Gasteiger partial charge is 0.388 e. The fourth-order valence-corrected chi connectivity index (χ4v) is 3.40. The van der Waals surface area contributed by atoms with E-state index in [1.165, 1.54) is 0 Å². The summed E-state index contributed by atoms with van der Waals surface area (Å²) in [6, 6.07) is 11.7. The second kappa shape index (κ2) is 6.54. The molecular formula is C16H13Cl3N2OS. The maximum atomic E-state index is 10.1. The number of halogens is 3. The van der Waals surface area contributed by atoms with Crippen molar-refractivity contribution in [1.29, 1.82) is 0 Å². The standard InChI is InChI=1S/C16H13Cl3N2OS/c1-9-7-11-12(8-13(22)16(17,18)19)20-14(21-15(11)23-9)10-5-3-2-4-6-10/h2-7,13,22H,8H2,1H3/t13-/m0/s1. The summed E-state index contributed by atoms with van der Waals surface area (Å²) in [6.07, 6.45) is -1.000. The molecule has 0 bridgehead atoms. The fourth-order valence-electron chi connectivity index (χ4n) is 2.27. The monoisotopic (exact) mass is 386 g/mol. The van der Waals surface area contributed by atoms with Crippen molar-refractivity contribution in [2.24, 2.45) is 0 Å². The van der Waals surface area contributed by atoms with E-state index in [0.717, 1.165) is 20.7 Å². The van der Waals surface area contributed by atoms with Crippen molar-refractivity contribution < 1.29 is 5.11 Å². The van der Waals surface area contributed by atoms with Crippen LogP contribution in [0.3, 0.4) is 0 Å². The normalized spacial score (nSPS) is 13.4. The number of aliphatic hydroxyl groups is 1. The molecule has 120 valence electrons. The number of aryl methyl sites for hydroxylation is 1. The molecule has 23 heavy (non-hydrogen) atoms. The lowest BCUT2D eigenvalue weighted by molar-refractivity contribution is 0.178. The number of hydrogen-bond donors (Lipinski definition) is 1. The molecule has 0 saturated heterocycles. The predicted molar refractivity (Wildman–Crippen MR) is 97.6 cm³/mol. The summed E-state index contributed by atoms with van der Waals surface area (Å²) in [4.78, 5) is 11.2. The van der Waals surface area contributed by atoms with Crippen LogP contribution >= 0.6 is 46.1 Å². The molecule has 0 unspecified atom stereocenters. The van der Waals surface area contributed by atoms with Crippen LogP contribution in [0.4, 0.5) is 0 Å². The third kappa shape index (κ3) is 3.78. The van der Waals surface area contributed by atoms with Crippen LogP contribution in [0, 0.1) is 6.92 Å². The lowest BCUT2D eigenvalue weighted by Gasteiger charge is -2.18. The van der Waals surface area contributed by atoms with E-state index in [2.05, 4.69) is 9.97 Å². The van der Waals surface area contributed by atoms with E-state index in [0.29, 0.717) is 11.5 Å². The summed E-state index contributed by atoms with van der Waals surface area (Å²) >= 11 is 18.9. The maximum absolute atomic E-state index is 10.1. The van der Waals surface area contributed by atoms with Crippen molar-refractivity contribution in [1.82, 2.24) is 9.97 Å². The summed E-state index contributed by atoms with van der Waals surface area (Å²) in [5, 5.41) is 11.0. The van der Waals surface area contributed by atoms with Crippen molar-refractivity contribution >= 4 is 56.4 Å². The van der Waals surface area contributed by atoms with Gasteiger partial charge in [0.2, 0.25) is 3.79 Å². The average molecular weight is 388 g/mol.